The van der Waals surface area contributed by atoms with Crippen LogP contribution in [0.1, 0.15) is 22.3 Å². The fraction of sp³-hybridized carbons (Fsp3) is 0.278. The Labute approximate surface area is 164 Å². The van der Waals surface area contributed by atoms with Crippen molar-refractivity contribution in [3.8, 4) is 0 Å². The van der Waals surface area contributed by atoms with Crippen LogP contribution in [-0.2, 0) is 10.0 Å². The molecule has 0 unspecified atom stereocenters. The number of halogens is 2. The van der Waals surface area contributed by atoms with Gasteiger partial charge in [-0.2, -0.15) is 0 Å². The minimum absolute atomic E-state index is 0. The summed E-state index contributed by atoms with van der Waals surface area (Å²) in [6.07, 6.45) is 0.731. The lowest BCUT2D eigenvalue weighted by atomic mass is 10.1. The third-order valence-electron chi connectivity index (χ3n) is 4.36. The van der Waals surface area contributed by atoms with Crippen molar-refractivity contribution >= 4 is 34.0 Å². The third kappa shape index (κ3) is 4.77. The molecular weight excluding hydrogens is 393 g/mol. The SMILES string of the molecule is Cc1ccc(S(=O)(=O)Nc2ccc(F)cc2)cc1C(=O)N1CC[C@@H](N)C1.Cl. The van der Waals surface area contributed by atoms with Gasteiger partial charge in [-0.3, -0.25) is 9.52 Å². The summed E-state index contributed by atoms with van der Waals surface area (Å²) in [5, 5.41) is 0. The Morgan fingerprint density at radius 1 is 1.22 bits per heavy atom. The highest BCUT2D eigenvalue weighted by molar-refractivity contribution is 7.92. The van der Waals surface area contributed by atoms with Gasteiger partial charge in [0, 0.05) is 30.4 Å². The summed E-state index contributed by atoms with van der Waals surface area (Å²) in [6, 6.07) is 9.35. The topological polar surface area (TPSA) is 92.5 Å². The second-order valence-corrected chi connectivity index (χ2v) is 8.07. The molecule has 1 amide bonds. The summed E-state index contributed by atoms with van der Waals surface area (Å²) in [6.45, 7) is 2.78. The van der Waals surface area contributed by atoms with Crippen molar-refractivity contribution in [2.24, 2.45) is 5.73 Å². The number of sulfonamides is 1. The molecule has 0 aliphatic carbocycles. The maximum atomic E-state index is 13.0. The van der Waals surface area contributed by atoms with Crippen molar-refractivity contribution in [1.29, 1.82) is 0 Å². The first kappa shape index (κ1) is 21.1. The average molecular weight is 414 g/mol. The molecule has 3 rings (SSSR count). The first-order valence-corrected chi connectivity index (χ1v) is 9.68. The minimum Gasteiger partial charge on any atom is -0.337 e. The molecule has 3 N–H and O–H groups in total. The maximum absolute atomic E-state index is 13.0. The number of rotatable bonds is 4. The number of hydrogen-bond donors (Lipinski definition) is 2. The van der Waals surface area contributed by atoms with E-state index in [9.17, 15) is 17.6 Å². The van der Waals surface area contributed by atoms with Crippen molar-refractivity contribution < 1.29 is 17.6 Å². The number of nitrogens with zero attached hydrogens (tertiary/aromatic N) is 1. The summed E-state index contributed by atoms with van der Waals surface area (Å²) in [4.78, 5) is 14.3. The number of carbonyl (C=O) groups is 1. The number of carbonyl (C=O) groups excluding carboxylic acids is 1. The number of nitrogens with one attached hydrogen (secondary N) is 1. The van der Waals surface area contributed by atoms with Gasteiger partial charge < -0.3 is 10.6 Å². The van der Waals surface area contributed by atoms with Crippen molar-refractivity contribution in [3.63, 3.8) is 0 Å². The van der Waals surface area contributed by atoms with Gasteiger partial charge in [0.2, 0.25) is 0 Å². The predicted octanol–water partition coefficient (Wildman–Crippen LogP) is 2.53. The first-order chi connectivity index (χ1) is 12.3. The molecule has 2 aromatic rings. The Hall–Kier alpha value is -2.16. The van der Waals surface area contributed by atoms with Crippen LogP contribution >= 0.6 is 12.4 Å². The summed E-state index contributed by atoms with van der Waals surface area (Å²) in [7, 11) is -3.90. The summed E-state index contributed by atoms with van der Waals surface area (Å²) >= 11 is 0. The van der Waals surface area contributed by atoms with E-state index in [2.05, 4.69) is 4.72 Å². The lowest BCUT2D eigenvalue weighted by Crippen LogP contribution is -2.32. The van der Waals surface area contributed by atoms with Gasteiger partial charge in [-0.05, 0) is 55.3 Å². The molecule has 2 aromatic carbocycles. The van der Waals surface area contributed by atoms with E-state index in [-0.39, 0.29) is 34.9 Å². The van der Waals surface area contributed by atoms with E-state index < -0.39 is 15.8 Å². The fourth-order valence-electron chi connectivity index (χ4n) is 2.87. The van der Waals surface area contributed by atoms with E-state index in [1.54, 1.807) is 17.9 Å². The van der Waals surface area contributed by atoms with Gasteiger partial charge in [0.25, 0.3) is 15.9 Å². The van der Waals surface area contributed by atoms with Crippen LogP contribution in [0.3, 0.4) is 0 Å². The molecule has 0 radical (unpaired) electrons. The van der Waals surface area contributed by atoms with Gasteiger partial charge in [-0.25, -0.2) is 12.8 Å². The molecule has 0 spiro atoms. The zero-order valence-electron chi connectivity index (χ0n) is 14.7. The number of benzene rings is 2. The first-order valence-electron chi connectivity index (χ1n) is 8.20. The molecule has 9 heteroatoms. The molecular formula is C18H21ClFN3O3S. The average Bonchev–Trinajstić information content (AvgIpc) is 3.03. The van der Waals surface area contributed by atoms with Gasteiger partial charge in [0.15, 0.2) is 0 Å². The molecule has 1 saturated heterocycles. The zero-order valence-corrected chi connectivity index (χ0v) is 16.3. The molecule has 1 aliphatic rings. The summed E-state index contributed by atoms with van der Waals surface area (Å²) in [5.41, 5.74) is 7.11. The van der Waals surface area contributed by atoms with E-state index >= 15 is 0 Å². The summed E-state index contributed by atoms with van der Waals surface area (Å²) in [5.74, 6) is -0.686. The zero-order chi connectivity index (χ0) is 18.9. The molecule has 27 heavy (non-hydrogen) atoms. The van der Waals surface area contributed by atoms with Gasteiger partial charge >= 0.3 is 0 Å². The molecule has 1 aliphatic heterocycles. The number of amides is 1. The normalized spacial score (nSPS) is 16.7. The van der Waals surface area contributed by atoms with E-state index in [4.69, 9.17) is 5.73 Å². The van der Waals surface area contributed by atoms with E-state index in [1.807, 2.05) is 0 Å². The van der Waals surface area contributed by atoms with E-state index in [0.717, 1.165) is 6.42 Å². The number of nitrogens with two attached hydrogens (primary N) is 1. The number of anilines is 1. The Balaban J connectivity index is 0.00000261. The highest BCUT2D eigenvalue weighted by Gasteiger charge is 2.26. The number of likely N-dealkylation sites (tertiary alicyclic amines) is 1. The Morgan fingerprint density at radius 3 is 2.48 bits per heavy atom. The van der Waals surface area contributed by atoms with E-state index in [1.165, 1.54) is 36.4 Å². The molecule has 0 aromatic heterocycles. The van der Waals surface area contributed by atoms with Crippen LogP contribution in [0.25, 0.3) is 0 Å². The van der Waals surface area contributed by atoms with Crippen molar-refractivity contribution in [2.75, 3.05) is 17.8 Å². The smallest absolute Gasteiger partial charge is 0.261 e. The van der Waals surface area contributed by atoms with Crippen molar-refractivity contribution in [1.82, 2.24) is 4.90 Å². The molecule has 1 atom stereocenters. The predicted molar refractivity (Wildman–Crippen MR) is 104 cm³/mol. The monoisotopic (exact) mass is 413 g/mol. The lowest BCUT2D eigenvalue weighted by Gasteiger charge is -2.18. The van der Waals surface area contributed by atoms with Crippen LogP contribution in [0.4, 0.5) is 10.1 Å². The standard InChI is InChI=1S/C18H20FN3O3S.ClH/c1-12-2-7-16(10-17(12)18(23)22-9-8-14(20)11-22)26(24,25)21-15-5-3-13(19)4-6-15;/h2-7,10,14,21H,8-9,11,20H2,1H3;1H/t14-;/m1./s1. The number of aryl methyl sites for hydroxylation is 1. The van der Waals surface area contributed by atoms with Crippen LogP contribution in [0.15, 0.2) is 47.4 Å². The molecule has 0 saturated carbocycles. The van der Waals surface area contributed by atoms with Crippen LogP contribution in [0, 0.1) is 12.7 Å². The molecule has 146 valence electrons. The Bertz CT molecular complexity index is 935. The molecule has 1 heterocycles. The minimum atomic E-state index is -3.90. The third-order valence-corrected chi connectivity index (χ3v) is 5.74. The Kier molecular flexibility index (Phi) is 6.46. The van der Waals surface area contributed by atoms with Crippen molar-refractivity contribution in [2.45, 2.75) is 24.3 Å². The van der Waals surface area contributed by atoms with Crippen LogP contribution < -0.4 is 10.5 Å². The summed E-state index contributed by atoms with van der Waals surface area (Å²) < 4.78 is 40.6. The fourth-order valence-corrected chi connectivity index (χ4v) is 3.96. The lowest BCUT2D eigenvalue weighted by molar-refractivity contribution is 0.0790. The van der Waals surface area contributed by atoms with Gasteiger partial charge in [-0.1, -0.05) is 6.07 Å². The van der Waals surface area contributed by atoms with E-state index in [0.29, 0.717) is 24.2 Å². The van der Waals surface area contributed by atoms with Crippen LogP contribution in [-0.4, -0.2) is 38.4 Å². The highest BCUT2D eigenvalue weighted by atomic mass is 35.5. The highest BCUT2D eigenvalue weighted by Crippen LogP contribution is 2.22. The number of hydrogen-bond acceptors (Lipinski definition) is 4. The Morgan fingerprint density at radius 2 is 1.89 bits per heavy atom. The van der Waals surface area contributed by atoms with Crippen LogP contribution in [0.5, 0.6) is 0 Å². The molecule has 1 fully saturated rings. The molecule has 6 nitrogen and oxygen atoms in total. The van der Waals surface area contributed by atoms with Gasteiger partial charge in [0.05, 0.1) is 4.90 Å². The second-order valence-electron chi connectivity index (χ2n) is 6.39. The maximum Gasteiger partial charge on any atom is 0.261 e. The largest absolute Gasteiger partial charge is 0.337 e. The second kappa shape index (κ2) is 8.24. The molecule has 0 bridgehead atoms. The van der Waals surface area contributed by atoms with Crippen molar-refractivity contribution in [3.05, 3.63) is 59.4 Å². The quantitative estimate of drug-likeness (QED) is 0.805. The van der Waals surface area contributed by atoms with Gasteiger partial charge in [-0.15, -0.1) is 12.4 Å². The van der Waals surface area contributed by atoms with Gasteiger partial charge in [0.1, 0.15) is 5.82 Å². The van der Waals surface area contributed by atoms with Crippen LogP contribution in [0.2, 0.25) is 0 Å².